The van der Waals surface area contributed by atoms with Gasteiger partial charge in [-0.3, -0.25) is 4.99 Å². The van der Waals surface area contributed by atoms with Crippen LogP contribution in [0.3, 0.4) is 0 Å². The number of hydrogen-bond donors (Lipinski definition) is 0. The SMILES string of the molecule is C=Nc1ccc(-c2ccc(C)cc2)c(F)c1Cl. The number of aliphatic imine (C=N–C) groups is 1. The van der Waals surface area contributed by atoms with Gasteiger partial charge in [0.2, 0.25) is 0 Å². The molecule has 0 saturated carbocycles. The van der Waals surface area contributed by atoms with E-state index in [9.17, 15) is 4.39 Å². The minimum atomic E-state index is -0.458. The summed E-state index contributed by atoms with van der Waals surface area (Å²) in [6.07, 6.45) is 0. The molecule has 0 aliphatic rings. The maximum Gasteiger partial charge on any atom is 0.151 e. The molecule has 3 heteroatoms. The minimum Gasteiger partial charge on any atom is -0.263 e. The van der Waals surface area contributed by atoms with Crippen molar-refractivity contribution in [3.05, 3.63) is 52.8 Å². The minimum absolute atomic E-state index is 0.0121. The van der Waals surface area contributed by atoms with Crippen LogP contribution in [0.2, 0.25) is 5.02 Å². The molecule has 86 valence electrons. The van der Waals surface area contributed by atoms with Crippen LogP contribution < -0.4 is 0 Å². The first-order chi connectivity index (χ1) is 8.13. The zero-order valence-electron chi connectivity index (χ0n) is 9.37. The second-order valence-corrected chi connectivity index (χ2v) is 4.16. The molecule has 0 unspecified atom stereocenters. The molecule has 2 rings (SSSR count). The summed E-state index contributed by atoms with van der Waals surface area (Å²) < 4.78 is 14.0. The van der Waals surface area contributed by atoms with E-state index < -0.39 is 5.82 Å². The Balaban J connectivity index is 2.57. The van der Waals surface area contributed by atoms with Crippen molar-refractivity contribution in [1.29, 1.82) is 0 Å². The van der Waals surface area contributed by atoms with Gasteiger partial charge in [-0.2, -0.15) is 0 Å². The van der Waals surface area contributed by atoms with Crippen LogP contribution in [-0.2, 0) is 0 Å². The molecule has 0 fully saturated rings. The van der Waals surface area contributed by atoms with E-state index in [-0.39, 0.29) is 5.02 Å². The van der Waals surface area contributed by atoms with Crippen molar-refractivity contribution in [2.45, 2.75) is 6.92 Å². The van der Waals surface area contributed by atoms with Crippen LogP contribution in [0.15, 0.2) is 41.4 Å². The molecule has 0 aliphatic heterocycles. The molecule has 0 spiro atoms. The molecule has 0 N–H and O–H groups in total. The highest BCUT2D eigenvalue weighted by Gasteiger charge is 2.12. The van der Waals surface area contributed by atoms with Crippen LogP contribution in [0.25, 0.3) is 11.1 Å². The van der Waals surface area contributed by atoms with Crippen molar-refractivity contribution in [2.24, 2.45) is 4.99 Å². The number of aryl methyl sites for hydroxylation is 1. The first kappa shape index (κ1) is 11.8. The molecule has 0 amide bonds. The summed E-state index contributed by atoms with van der Waals surface area (Å²) in [4.78, 5) is 3.66. The fourth-order valence-electron chi connectivity index (χ4n) is 1.62. The van der Waals surface area contributed by atoms with Gasteiger partial charge in [0, 0.05) is 5.56 Å². The smallest absolute Gasteiger partial charge is 0.151 e. The Morgan fingerprint density at radius 2 is 1.76 bits per heavy atom. The van der Waals surface area contributed by atoms with E-state index in [1.165, 1.54) is 0 Å². The fraction of sp³-hybridized carbons (Fsp3) is 0.0714. The van der Waals surface area contributed by atoms with Crippen molar-refractivity contribution in [2.75, 3.05) is 0 Å². The monoisotopic (exact) mass is 247 g/mol. The average molecular weight is 248 g/mol. The quantitative estimate of drug-likeness (QED) is 0.677. The second kappa shape index (κ2) is 4.68. The molecule has 1 nitrogen and oxygen atoms in total. The van der Waals surface area contributed by atoms with Gasteiger partial charge >= 0.3 is 0 Å². The van der Waals surface area contributed by atoms with E-state index >= 15 is 0 Å². The fourth-order valence-corrected chi connectivity index (χ4v) is 1.84. The molecule has 0 aromatic heterocycles. The van der Waals surface area contributed by atoms with Gasteiger partial charge in [0.15, 0.2) is 5.82 Å². The molecule has 2 aromatic carbocycles. The van der Waals surface area contributed by atoms with Gasteiger partial charge < -0.3 is 0 Å². The van der Waals surface area contributed by atoms with Crippen LogP contribution >= 0.6 is 11.6 Å². The van der Waals surface area contributed by atoms with E-state index in [2.05, 4.69) is 11.7 Å². The predicted octanol–water partition coefficient (Wildman–Crippen LogP) is 4.79. The van der Waals surface area contributed by atoms with Crippen LogP contribution in [0.1, 0.15) is 5.56 Å². The Kier molecular flexibility index (Phi) is 3.25. The molecule has 0 atom stereocenters. The highest BCUT2D eigenvalue weighted by Crippen LogP contribution is 2.34. The third kappa shape index (κ3) is 2.22. The molecular weight excluding hydrogens is 237 g/mol. The summed E-state index contributed by atoms with van der Waals surface area (Å²) in [5.41, 5.74) is 2.76. The maximum absolute atomic E-state index is 14.0. The Morgan fingerprint density at radius 3 is 2.35 bits per heavy atom. The first-order valence-corrected chi connectivity index (χ1v) is 5.53. The van der Waals surface area contributed by atoms with Crippen LogP contribution in [0.4, 0.5) is 10.1 Å². The van der Waals surface area contributed by atoms with Gasteiger partial charge in [-0.25, -0.2) is 4.39 Å². The topological polar surface area (TPSA) is 12.4 Å². The van der Waals surface area contributed by atoms with Gasteiger partial charge in [0.1, 0.15) is 5.02 Å². The number of halogens is 2. The zero-order chi connectivity index (χ0) is 12.4. The maximum atomic E-state index is 14.0. The highest BCUT2D eigenvalue weighted by atomic mass is 35.5. The van der Waals surface area contributed by atoms with E-state index in [0.29, 0.717) is 11.3 Å². The van der Waals surface area contributed by atoms with E-state index in [4.69, 9.17) is 11.6 Å². The molecule has 0 saturated heterocycles. The van der Waals surface area contributed by atoms with Gasteiger partial charge in [0.05, 0.1) is 5.69 Å². The lowest BCUT2D eigenvalue weighted by Crippen LogP contribution is -1.86. The lowest BCUT2D eigenvalue weighted by atomic mass is 10.0. The van der Waals surface area contributed by atoms with E-state index in [1.54, 1.807) is 12.1 Å². The summed E-state index contributed by atoms with van der Waals surface area (Å²) in [5.74, 6) is -0.458. The molecule has 0 bridgehead atoms. The lowest BCUT2D eigenvalue weighted by Gasteiger charge is -2.07. The molecule has 0 radical (unpaired) electrons. The number of benzene rings is 2. The Labute approximate surface area is 105 Å². The zero-order valence-corrected chi connectivity index (χ0v) is 10.1. The van der Waals surface area contributed by atoms with Crippen molar-refractivity contribution >= 4 is 24.0 Å². The predicted molar refractivity (Wildman–Crippen MR) is 70.8 cm³/mol. The molecule has 0 heterocycles. The second-order valence-electron chi connectivity index (χ2n) is 3.78. The van der Waals surface area contributed by atoms with Crippen LogP contribution in [0, 0.1) is 12.7 Å². The van der Waals surface area contributed by atoms with E-state index in [0.717, 1.165) is 11.1 Å². The number of hydrogen-bond acceptors (Lipinski definition) is 1. The van der Waals surface area contributed by atoms with Crippen molar-refractivity contribution < 1.29 is 4.39 Å². The van der Waals surface area contributed by atoms with Crippen molar-refractivity contribution in [1.82, 2.24) is 0 Å². The van der Waals surface area contributed by atoms with Gasteiger partial charge in [-0.05, 0) is 31.3 Å². The summed E-state index contributed by atoms with van der Waals surface area (Å²) >= 11 is 5.87. The van der Waals surface area contributed by atoms with E-state index in [1.807, 2.05) is 31.2 Å². The van der Waals surface area contributed by atoms with Crippen LogP contribution in [0.5, 0.6) is 0 Å². The standard InChI is InChI=1S/C14H11ClFN/c1-9-3-5-10(6-4-9)11-7-8-12(17-2)13(15)14(11)16/h3-8H,2H2,1H3. The number of nitrogens with zero attached hydrogens (tertiary/aromatic N) is 1. The highest BCUT2D eigenvalue weighted by molar-refractivity contribution is 6.33. The first-order valence-electron chi connectivity index (χ1n) is 5.15. The third-order valence-electron chi connectivity index (χ3n) is 2.59. The molecular formula is C14H11ClFN. The van der Waals surface area contributed by atoms with Crippen LogP contribution in [-0.4, -0.2) is 6.72 Å². The van der Waals surface area contributed by atoms with Gasteiger partial charge in [-0.1, -0.05) is 41.4 Å². The summed E-state index contributed by atoms with van der Waals surface area (Å²) in [6, 6.07) is 10.9. The molecule has 17 heavy (non-hydrogen) atoms. The normalized spacial score (nSPS) is 10.3. The molecule has 2 aromatic rings. The van der Waals surface area contributed by atoms with Crippen molar-refractivity contribution in [3.63, 3.8) is 0 Å². The summed E-state index contributed by atoms with van der Waals surface area (Å²) in [7, 11) is 0. The third-order valence-corrected chi connectivity index (χ3v) is 2.95. The summed E-state index contributed by atoms with van der Waals surface area (Å²) in [5, 5.41) is 0.0121. The average Bonchev–Trinajstić information content (AvgIpc) is 2.34. The Hall–Kier alpha value is -1.67. The Morgan fingerprint density at radius 1 is 1.12 bits per heavy atom. The number of rotatable bonds is 2. The molecule has 0 aliphatic carbocycles. The largest absolute Gasteiger partial charge is 0.263 e. The van der Waals surface area contributed by atoms with Gasteiger partial charge in [0.25, 0.3) is 0 Å². The Bertz CT molecular complexity index is 561. The lowest BCUT2D eigenvalue weighted by molar-refractivity contribution is 0.632. The van der Waals surface area contributed by atoms with Gasteiger partial charge in [-0.15, -0.1) is 0 Å². The van der Waals surface area contributed by atoms with Crippen molar-refractivity contribution in [3.8, 4) is 11.1 Å². The summed E-state index contributed by atoms with van der Waals surface area (Å²) in [6.45, 7) is 5.33.